The SMILES string of the molecule is CC[Si]([CH-]CC(C)(C)C)(CC)CC.[Li+]. The zero-order valence-corrected chi connectivity index (χ0v) is 12.4. The molecule has 0 unspecified atom stereocenters. The molecule has 80 valence electrons. The van der Waals surface area contributed by atoms with Crippen molar-refractivity contribution in [1.29, 1.82) is 0 Å². The van der Waals surface area contributed by atoms with Crippen LogP contribution in [0.4, 0.5) is 0 Å². The molecule has 2 heteroatoms. The molecule has 0 fully saturated rings. The Balaban J connectivity index is 0. The van der Waals surface area contributed by atoms with E-state index in [-0.39, 0.29) is 18.9 Å². The van der Waals surface area contributed by atoms with E-state index in [2.05, 4.69) is 47.6 Å². The normalized spacial score (nSPS) is 12.4. The Kier molecular flexibility index (Phi) is 8.79. The molecule has 0 atom stereocenters. The molecule has 0 aliphatic carbocycles. The molecular formula is C12H27LiSi. The van der Waals surface area contributed by atoms with E-state index in [1.807, 2.05) is 0 Å². The van der Waals surface area contributed by atoms with Crippen LogP contribution in [0.5, 0.6) is 0 Å². The number of rotatable bonds is 5. The Morgan fingerprint density at radius 1 is 0.929 bits per heavy atom. The van der Waals surface area contributed by atoms with Gasteiger partial charge in [0.2, 0.25) is 0 Å². The fourth-order valence-electron chi connectivity index (χ4n) is 1.71. The van der Waals surface area contributed by atoms with Gasteiger partial charge in [-0.3, -0.25) is 0 Å². The first-order valence-electron chi connectivity index (χ1n) is 5.73. The van der Waals surface area contributed by atoms with Gasteiger partial charge in [-0.05, 0) is 0 Å². The summed E-state index contributed by atoms with van der Waals surface area (Å²) in [7, 11) is -0.952. The second-order valence-corrected chi connectivity index (χ2v) is 10.6. The molecule has 0 aromatic rings. The van der Waals surface area contributed by atoms with Crippen molar-refractivity contribution in [2.45, 2.75) is 66.1 Å². The molecule has 0 nitrogen and oxygen atoms in total. The van der Waals surface area contributed by atoms with Crippen LogP contribution in [0.2, 0.25) is 18.1 Å². The summed E-state index contributed by atoms with van der Waals surface area (Å²) in [5, 5.41) is 0. The molecule has 0 saturated heterocycles. The topological polar surface area (TPSA) is 0 Å². The molecule has 0 aliphatic heterocycles. The Bertz CT molecular complexity index is 125. The minimum absolute atomic E-state index is 0. The maximum Gasteiger partial charge on any atom is 1.00 e. The van der Waals surface area contributed by atoms with Crippen molar-refractivity contribution in [3.05, 3.63) is 6.04 Å². The summed E-state index contributed by atoms with van der Waals surface area (Å²) in [4.78, 5) is 0. The molecule has 0 aromatic heterocycles. The monoisotopic (exact) mass is 206 g/mol. The summed E-state index contributed by atoms with van der Waals surface area (Å²) in [5.74, 6) is 0. The van der Waals surface area contributed by atoms with Crippen molar-refractivity contribution < 1.29 is 18.9 Å². The van der Waals surface area contributed by atoms with E-state index < -0.39 is 8.07 Å². The molecular weight excluding hydrogens is 179 g/mol. The summed E-state index contributed by atoms with van der Waals surface area (Å²) in [6.07, 6.45) is 1.30. The molecule has 0 N–H and O–H groups in total. The minimum Gasteiger partial charge on any atom is -0.326 e. The van der Waals surface area contributed by atoms with Crippen molar-refractivity contribution in [3.8, 4) is 0 Å². The molecule has 0 saturated carbocycles. The standard InChI is InChI=1S/C12H27Si.Li/c1-7-13(8-2,9-3)11-10-12(4,5)6;/h11H,7-10H2,1-6H3;/q-1;+1. The predicted molar refractivity (Wildman–Crippen MR) is 65.6 cm³/mol. The van der Waals surface area contributed by atoms with Gasteiger partial charge in [0.05, 0.1) is 0 Å². The Morgan fingerprint density at radius 3 is 1.50 bits per heavy atom. The van der Waals surface area contributed by atoms with Crippen LogP contribution in [0.3, 0.4) is 0 Å². The van der Waals surface area contributed by atoms with Crippen LogP contribution in [0.1, 0.15) is 48.0 Å². The zero-order valence-electron chi connectivity index (χ0n) is 11.4. The second-order valence-electron chi connectivity index (χ2n) is 5.39. The Morgan fingerprint density at radius 2 is 1.29 bits per heavy atom. The molecule has 14 heavy (non-hydrogen) atoms. The van der Waals surface area contributed by atoms with E-state index >= 15 is 0 Å². The van der Waals surface area contributed by atoms with Gasteiger partial charge in [0.1, 0.15) is 0 Å². The largest absolute Gasteiger partial charge is 1.00 e. The smallest absolute Gasteiger partial charge is 0.326 e. The summed E-state index contributed by atoms with van der Waals surface area (Å²) in [5.41, 5.74) is 0.484. The molecule has 0 bridgehead atoms. The molecule has 0 aliphatic rings. The first-order chi connectivity index (χ1) is 5.89. The third kappa shape index (κ3) is 6.33. The quantitative estimate of drug-likeness (QED) is 0.474. The van der Waals surface area contributed by atoms with E-state index in [0.29, 0.717) is 5.41 Å². The van der Waals surface area contributed by atoms with Gasteiger partial charge in [-0.1, -0.05) is 73.2 Å². The van der Waals surface area contributed by atoms with Crippen molar-refractivity contribution in [1.82, 2.24) is 0 Å². The zero-order chi connectivity index (χ0) is 10.5. The first-order valence-corrected chi connectivity index (χ1v) is 8.43. The fourth-order valence-corrected chi connectivity index (χ4v) is 5.12. The van der Waals surface area contributed by atoms with E-state index in [0.717, 1.165) is 0 Å². The van der Waals surface area contributed by atoms with Gasteiger partial charge < -0.3 is 6.04 Å². The van der Waals surface area contributed by atoms with Crippen LogP contribution in [0.25, 0.3) is 0 Å². The van der Waals surface area contributed by atoms with Crippen LogP contribution < -0.4 is 18.9 Å². The first kappa shape index (κ1) is 17.2. The maximum absolute atomic E-state index is 2.70. The van der Waals surface area contributed by atoms with Gasteiger partial charge in [0.25, 0.3) is 0 Å². The molecule has 0 rings (SSSR count). The molecule has 0 amide bonds. The van der Waals surface area contributed by atoms with Gasteiger partial charge in [0.15, 0.2) is 0 Å². The molecule has 0 spiro atoms. The molecule has 0 radical (unpaired) electrons. The minimum atomic E-state index is -0.952. The van der Waals surface area contributed by atoms with Crippen LogP contribution in [-0.4, -0.2) is 8.07 Å². The van der Waals surface area contributed by atoms with E-state index in [1.165, 1.54) is 24.6 Å². The van der Waals surface area contributed by atoms with E-state index in [1.54, 1.807) is 0 Å². The van der Waals surface area contributed by atoms with E-state index in [9.17, 15) is 0 Å². The number of hydrogen-bond acceptors (Lipinski definition) is 0. The third-order valence-electron chi connectivity index (χ3n) is 3.26. The Hall–Kier alpha value is 0.814. The summed E-state index contributed by atoms with van der Waals surface area (Å²) < 4.78 is 0. The van der Waals surface area contributed by atoms with Crippen molar-refractivity contribution in [3.63, 3.8) is 0 Å². The van der Waals surface area contributed by atoms with Gasteiger partial charge >= 0.3 is 18.9 Å². The van der Waals surface area contributed by atoms with Gasteiger partial charge in [-0.25, -0.2) is 0 Å². The van der Waals surface area contributed by atoms with Crippen LogP contribution >= 0.6 is 0 Å². The van der Waals surface area contributed by atoms with Crippen molar-refractivity contribution in [2.75, 3.05) is 0 Å². The fraction of sp³-hybridized carbons (Fsp3) is 0.917. The third-order valence-corrected chi connectivity index (χ3v) is 8.55. The molecule has 0 aromatic carbocycles. The van der Waals surface area contributed by atoms with Crippen molar-refractivity contribution in [2.24, 2.45) is 5.41 Å². The van der Waals surface area contributed by atoms with Crippen molar-refractivity contribution >= 4 is 8.07 Å². The van der Waals surface area contributed by atoms with Gasteiger partial charge in [-0.15, -0.1) is 0 Å². The summed E-state index contributed by atoms with van der Waals surface area (Å²) in [6.45, 7) is 14.1. The summed E-state index contributed by atoms with van der Waals surface area (Å²) >= 11 is 0. The molecule has 0 heterocycles. The predicted octanol–water partition coefficient (Wildman–Crippen LogP) is 1.68. The van der Waals surface area contributed by atoms with Gasteiger partial charge in [0, 0.05) is 0 Å². The van der Waals surface area contributed by atoms with Crippen LogP contribution in [0, 0.1) is 11.5 Å². The van der Waals surface area contributed by atoms with E-state index in [4.69, 9.17) is 0 Å². The van der Waals surface area contributed by atoms with Crippen LogP contribution in [-0.2, 0) is 0 Å². The Labute approximate surface area is 104 Å². The van der Waals surface area contributed by atoms with Crippen LogP contribution in [0.15, 0.2) is 0 Å². The summed E-state index contributed by atoms with van der Waals surface area (Å²) in [6, 6.07) is 6.98. The average molecular weight is 206 g/mol. The second kappa shape index (κ2) is 7.15. The van der Waals surface area contributed by atoms with Gasteiger partial charge in [-0.2, -0.15) is 6.42 Å². The average Bonchev–Trinajstić information content (AvgIpc) is 2.06. The maximum atomic E-state index is 2.70. The number of hydrogen-bond donors (Lipinski definition) is 0.